The van der Waals surface area contributed by atoms with E-state index in [1.807, 2.05) is 13.8 Å². The number of fused-ring (bicyclic) bond motifs is 1. The molecule has 8 heteroatoms. The highest BCUT2D eigenvalue weighted by atomic mass is 19.1. The van der Waals surface area contributed by atoms with Crippen LogP contribution < -0.4 is 0 Å². The first-order valence-electron chi connectivity index (χ1n) is 9.13. The molecule has 2 aromatic heterocycles. The van der Waals surface area contributed by atoms with Gasteiger partial charge in [-0.25, -0.2) is 4.39 Å². The zero-order valence-corrected chi connectivity index (χ0v) is 16.0. The molecule has 0 radical (unpaired) electrons. The average molecular weight is 384 g/mol. The van der Waals surface area contributed by atoms with Crippen LogP contribution in [0.1, 0.15) is 33.5 Å². The third-order valence-electron chi connectivity index (χ3n) is 5.28. The average Bonchev–Trinajstić information content (AvgIpc) is 3.25. The highest BCUT2D eigenvalue weighted by Gasteiger charge is 2.32. The maximum Gasteiger partial charge on any atom is 0.274 e. The number of hydrogen-bond acceptors (Lipinski definition) is 4. The van der Waals surface area contributed by atoms with Crippen LogP contribution in [0.2, 0.25) is 0 Å². The van der Waals surface area contributed by atoms with Gasteiger partial charge in [0.05, 0.1) is 11.8 Å². The summed E-state index contributed by atoms with van der Waals surface area (Å²) in [6.45, 7) is 4.82. The molecular weight excluding hydrogens is 363 g/mol. The van der Waals surface area contributed by atoms with Crippen LogP contribution >= 0.6 is 0 Å². The summed E-state index contributed by atoms with van der Waals surface area (Å²) in [5.41, 5.74) is 1.71. The molecule has 0 saturated carbocycles. The number of carbonyl (C=O) groups excluding carboxylic acids is 2. The molecule has 0 N–H and O–H groups in total. The Bertz CT molecular complexity index is 1050. The number of hydrogen-bond donors (Lipinski definition) is 0. The summed E-state index contributed by atoms with van der Waals surface area (Å²) in [6.07, 6.45) is 1.46. The first kappa shape index (κ1) is 18.2. The second kappa shape index (κ2) is 6.78. The molecule has 4 rings (SSSR count). The number of benzene rings is 1. The van der Waals surface area contributed by atoms with Crippen molar-refractivity contribution < 1.29 is 18.4 Å². The van der Waals surface area contributed by atoms with Crippen molar-refractivity contribution in [2.24, 2.45) is 7.05 Å². The fourth-order valence-corrected chi connectivity index (χ4v) is 3.57. The number of nitrogens with zero attached hydrogens (tertiary/aromatic N) is 4. The maximum atomic E-state index is 14.4. The molecule has 1 aromatic carbocycles. The lowest BCUT2D eigenvalue weighted by atomic mass is 10.1. The molecule has 1 fully saturated rings. The Morgan fingerprint density at radius 2 is 2.00 bits per heavy atom. The van der Waals surface area contributed by atoms with Crippen molar-refractivity contribution >= 4 is 22.8 Å². The lowest BCUT2D eigenvalue weighted by Crippen LogP contribution is -2.55. The largest absolute Gasteiger partial charge is 0.464 e. The number of carbonyl (C=O) groups is 2. The highest BCUT2D eigenvalue weighted by molar-refractivity contribution is 5.98. The fourth-order valence-electron chi connectivity index (χ4n) is 3.57. The number of halogens is 1. The summed E-state index contributed by atoms with van der Waals surface area (Å²) in [5.74, 6) is -1.15. The number of rotatable bonds is 2. The van der Waals surface area contributed by atoms with Crippen LogP contribution in [-0.2, 0) is 7.05 Å². The van der Waals surface area contributed by atoms with E-state index in [-0.39, 0.29) is 23.4 Å². The van der Waals surface area contributed by atoms with E-state index in [9.17, 15) is 14.0 Å². The van der Waals surface area contributed by atoms with E-state index >= 15 is 0 Å². The van der Waals surface area contributed by atoms with Gasteiger partial charge in [0.15, 0.2) is 5.69 Å². The number of piperazine rings is 1. The van der Waals surface area contributed by atoms with Gasteiger partial charge in [0.25, 0.3) is 11.8 Å². The molecule has 0 bridgehead atoms. The highest BCUT2D eigenvalue weighted by Crippen LogP contribution is 2.23. The number of aromatic nitrogens is 2. The topological polar surface area (TPSA) is 71.6 Å². The molecule has 28 heavy (non-hydrogen) atoms. The minimum absolute atomic E-state index is 0.0147. The van der Waals surface area contributed by atoms with Crippen LogP contribution in [0, 0.1) is 12.7 Å². The van der Waals surface area contributed by atoms with Gasteiger partial charge in [0.2, 0.25) is 0 Å². The molecule has 1 aliphatic rings. The second-order valence-electron chi connectivity index (χ2n) is 7.18. The zero-order chi connectivity index (χ0) is 20.0. The zero-order valence-electron chi connectivity index (χ0n) is 16.0. The molecule has 7 nitrogen and oxygen atoms in total. The Balaban J connectivity index is 1.51. The van der Waals surface area contributed by atoms with Gasteiger partial charge in [-0.1, -0.05) is 0 Å². The van der Waals surface area contributed by atoms with Gasteiger partial charge in [-0.15, -0.1) is 0 Å². The van der Waals surface area contributed by atoms with Crippen molar-refractivity contribution in [1.29, 1.82) is 0 Å². The SMILES string of the molecule is Cc1cc(C(=O)N2CCN(C(=O)c3cc4ccoc4cc3F)C(C)C2)nn1C. The summed E-state index contributed by atoms with van der Waals surface area (Å²) >= 11 is 0. The van der Waals surface area contributed by atoms with Crippen LogP contribution in [0.3, 0.4) is 0 Å². The Kier molecular flexibility index (Phi) is 4.41. The van der Waals surface area contributed by atoms with Gasteiger partial charge in [-0.2, -0.15) is 5.10 Å². The molecular formula is C20H21FN4O3. The standard InChI is InChI=1S/C20H21FN4O3/c1-12-8-17(22-23(12)3)20(27)24-5-6-25(13(2)11-24)19(26)15-9-14-4-7-28-18(14)10-16(15)21/h4,7-10,13H,5-6,11H2,1-3H3. The van der Waals surface area contributed by atoms with E-state index in [1.54, 1.807) is 33.7 Å². The van der Waals surface area contributed by atoms with Crippen molar-refractivity contribution in [1.82, 2.24) is 19.6 Å². The van der Waals surface area contributed by atoms with Crippen LogP contribution in [0.15, 0.2) is 34.9 Å². The van der Waals surface area contributed by atoms with Crippen LogP contribution in [0.25, 0.3) is 11.0 Å². The van der Waals surface area contributed by atoms with E-state index in [0.717, 1.165) is 5.69 Å². The van der Waals surface area contributed by atoms with E-state index in [2.05, 4.69) is 5.10 Å². The summed E-state index contributed by atoms with van der Waals surface area (Å²) in [4.78, 5) is 28.9. The van der Waals surface area contributed by atoms with E-state index in [1.165, 1.54) is 18.4 Å². The first-order valence-corrected chi connectivity index (χ1v) is 9.13. The summed E-state index contributed by atoms with van der Waals surface area (Å²) < 4.78 is 21.2. The van der Waals surface area contributed by atoms with Gasteiger partial charge in [-0.05, 0) is 32.0 Å². The Labute approximate surface area is 161 Å². The van der Waals surface area contributed by atoms with Crippen molar-refractivity contribution in [2.75, 3.05) is 19.6 Å². The Hall–Kier alpha value is -3.16. The predicted molar refractivity (Wildman–Crippen MR) is 101 cm³/mol. The Morgan fingerprint density at radius 1 is 1.21 bits per heavy atom. The second-order valence-corrected chi connectivity index (χ2v) is 7.18. The van der Waals surface area contributed by atoms with Crippen LogP contribution in [-0.4, -0.2) is 57.1 Å². The third kappa shape index (κ3) is 3.04. The van der Waals surface area contributed by atoms with Gasteiger partial charge in [-0.3, -0.25) is 14.3 Å². The molecule has 3 aromatic rings. The van der Waals surface area contributed by atoms with Crippen molar-refractivity contribution in [3.8, 4) is 0 Å². The lowest BCUT2D eigenvalue weighted by Gasteiger charge is -2.39. The third-order valence-corrected chi connectivity index (χ3v) is 5.28. The van der Waals surface area contributed by atoms with Crippen molar-refractivity contribution in [3.05, 3.63) is 53.3 Å². The van der Waals surface area contributed by atoms with E-state index < -0.39 is 5.82 Å². The predicted octanol–water partition coefficient (Wildman–Crippen LogP) is 2.60. The maximum absolute atomic E-state index is 14.4. The monoisotopic (exact) mass is 384 g/mol. The van der Waals surface area contributed by atoms with Gasteiger partial charge >= 0.3 is 0 Å². The van der Waals surface area contributed by atoms with Crippen LogP contribution in [0.5, 0.6) is 0 Å². The normalized spacial score (nSPS) is 17.4. The van der Waals surface area contributed by atoms with Crippen LogP contribution in [0.4, 0.5) is 4.39 Å². The quantitative estimate of drug-likeness (QED) is 0.681. The van der Waals surface area contributed by atoms with Crippen molar-refractivity contribution in [2.45, 2.75) is 19.9 Å². The molecule has 3 heterocycles. The summed E-state index contributed by atoms with van der Waals surface area (Å²) in [7, 11) is 1.79. The molecule has 146 valence electrons. The minimum Gasteiger partial charge on any atom is -0.464 e. The summed E-state index contributed by atoms with van der Waals surface area (Å²) in [5, 5.41) is 4.91. The van der Waals surface area contributed by atoms with E-state index in [4.69, 9.17) is 4.42 Å². The van der Waals surface area contributed by atoms with Gasteiger partial charge in [0.1, 0.15) is 11.4 Å². The Morgan fingerprint density at radius 3 is 2.68 bits per heavy atom. The number of aryl methyl sites for hydroxylation is 2. The minimum atomic E-state index is -0.609. The molecule has 0 spiro atoms. The molecule has 1 saturated heterocycles. The molecule has 2 amide bonds. The van der Waals surface area contributed by atoms with Gasteiger partial charge < -0.3 is 14.2 Å². The lowest BCUT2D eigenvalue weighted by molar-refractivity contribution is 0.0408. The van der Waals surface area contributed by atoms with Gasteiger partial charge in [0, 0.05) is 49.9 Å². The molecule has 1 atom stereocenters. The number of furan rings is 1. The van der Waals surface area contributed by atoms with E-state index in [0.29, 0.717) is 36.3 Å². The molecule has 0 aliphatic carbocycles. The summed E-state index contributed by atoms with van der Waals surface area (Å²) in [6, 6.07) is 5.95. The number of amides is 2. The molecule has 1 unspecified atom stereocenters. The molecule has 1 aliphatic heterocycles. The first-order chi connectivity index (χ1) is 13.3. The fraction of sp³-hybridized carbons (Fsp3) is 0.350. The van der Waals surface area contributed by atoms with Crippen molar-refractivity contribution in [3.63, 3.8) is 0 Å². The smallest absolute Gasteiger partial charge is 0.274 e.